The highest BCUT2D eigenvalue weighted by molar-refractivity contribution is 7.89. The van der Waals surface area contributed by atoms with E-state index in [4.69, 9.17) is 5.73 Å². The molecular weight excluding hydrogens is 301 g/mol. The zero-order valence-corrected chi connectivity index (χ0v) is 12.1. The van der Waals surface area contributed by atoms with E-state index in [0.717, 1.165) is 11.3 Å². The first-order chi connectivity index (χ1) is 8.63. The van der Waals surface area contributed by atoms with E-state index in [0.29, 0.717) is 14.7 Å². The zero-order chi connectivity index (χ0) is 14.8. The molecular formula is C10H15F3N2O2S2. The summed E-state index contributed by atoms with van der Waals surface area (Å²) in [6.45, 7) is 1.15. The average molecular weight is 316 g/mol. The molecule has 19 heavy (non-hydrogen) atoms. The fourth-order valence-corrected chi connectivity index (χ4v) is 4.76. The molecule has 0 radical (unpaired) electrons. The molecule has 1 aromatic rings. The summed E-state index contributed by atoms with van der Waals surface area (Å²) in [7, 11) is -4.17. The summed E-state index contributed by atoms with van der Waals surface area (Å²) in [5.74, 6) is 0. The number of sulfonamides is 1. The minimum Gasteiger partial charge on any atom is -0.326 e. The van der Waals surface area contributed by atoms with Gasteiger partial charge in [-0.1, -0.05) is 6.92 Å². The summed E-state index contributed by atoms with van der Waals surface area (Å²) in [5.41, 5.74) is 5.86. The Kier molecular flexibility index (Phi) is 4.99. The van der Waals surface area contributed by atoms with Crippen molar-refractivity contribution in [2.45, 2.75) is 31.5 Å². The molecule has 0 bridgehead atoms. The van der Waals surface area contributed by atoms with Crippen molar-refractivity contribution in [2.75, 3.05) is 13.1 Å². The van der Waals surface area contributed by atoms with Crippen LogP contribution in [0.15, 0.2) is 10.3 Å². The number of thiophene rings is 1. The number of rotatable bonds is 5. The van der Waals surface area contributed by atoms with Gasteiger partial charge in [0.2, 0.25) is 10.0 Å². The molecule has 9 heteroatoms. The molecule has 0 aliphatic heterocycles. The molecule has 1 heterocycles. The Morgan fingerprint density at radius 1 is 1.42 bits per heavy atom. The summed E-state index contributed by atoms with van der Waals surface area (Å²) >= 11 is 1.14. The molecule has 110 valence electrons. The summed E-state index contributed by atoms with van der Waals surface area (Å²) < 4.78 is 62.2. The topological polar surface area (TPSA) is 63.4 Å². The molecule has 1 aromatic heterocycles. The molecule has 0 amide bonds. The molecule has 0 spiro atoms. The third kappa shape index (κ3) is 3.68. The molecule has 0 aliphatic rings. The van der Waals surface area contributed by atoms with Crippen molar-refractivity contribution in [1.82, 2.24) is 4.31 Å². The normalized spacial score (nSPS) is 13.2. The van der Waals surface area contributed by atoms with Crippen molar-refractivity contribution in [2.24, 2.45) is 5.73 Å². The van der Waals surface area contributed by atoms with Gasteiger partial charge in [0.15, 0.2) is 0 Å². The molecule has 0 saturated heterocycles. The van der Waals surface area contributed by atoms with Crippen LogP contribution in [0.4, 0.5) is 13.2 Å². The van der Waals surface area contributed by atoms with Crippen LogP contribution in [0.2, 0.25) is 0 Å². The average Bonchev–Trinajstić information content (AvgIpc) is 2.66. The van der Waals surface area contributed by atoms with Crippen molar-refractivity contribution in [3.63, 3.8) is 0 Å². The van der Waals surface area contributed by atoms with E-state index in [9.17, 15) is 21.6 Å². The minimum absolute atomic E-state index is 0.0172. The Bertz CT molecular complexity index is 537. The number of alkyl halides is 3. The summed E-state index contributed by atoms with van der Waals surface area (Å²) in [6.07, 6.45) is -4.57. The van der Waals surface area contributed by atoms with Crippen molar-refractivity contribution in [3.05, 3.63) is 15.8 Å². The molecule has 0 unspecified atom stereocenters. The Balaban J connectivity index is 3.25. The maximum Gasteiger partial charge on any atom is 0.402 e. The smallest absolute Gasteiger partial charge is 0.326 e. The number of aryl methyl sites for hydroxylation is 1. The number of halogens is 3. The Morgan fingerprint density at radius 2 is 2.00 bits per heavy atom. The van der Waals surface area contributed by atoms with Gasteiger partial charge >= 0.3 is 6.18 Å². The van der Waals surface area contributed by atoms with Crippen molar-refractivity contribution < 1.29 is 21.6 Å². The molecule has 1 rings (SSSR count). The van der Waals surface area contributed by atoms with Gasteiger partial charge in [0.05, 0.1) is 0 Å². The van der Waals surface area contributed by atoms with Gasteiger partial charge in [0.25, 0.3) is 0 Å². The monoisotopic (exact) mass is 316 g/mol. The SMILES string of the molecule is CCN(CC(F)(F)F)S(=O)(=O)c1c(C)csc1CN. The van der Waals surface area contributed by atoms with E-state index in [1.54, 1.807) is 12.3 Å². The lowest BCUT2D eigenvalue weighted by Gasteiger charge is -2.22. The van der Waals surface area contributed by atoms with Gasteiger partial charge in [-0.2, -0.15) is 17.5 Å². The van der Waals surface area contributed by atoms with Gasteiger partial charge < -0.3 is 5.73 Å². The Labute approximate surface area is 114 Å². The van der Waals surface area contributed by atoms with Gasteiger partial charge in [-0.25, -0.2) is 8.42 Å². The lowest BCUT2D eigenvalue weighted by Crippen LogP contribution is -2.39. The largest absolute Gasteiger partial charge is 0.402 e. The van der Waals surface area contributed by atoms with E-state index in [-0.39, 0.29) is 18.0 Å². The molecule has 0 saturated carbocycles. The van der Waals surface area contributed by atoms with E-state index in [2.05, 4.69) is 0 Å². The lowest BCUT2D eigenvalue weighted by molar-refractivity contribution is -0.135. The number of hydrogen-bond acceptors (Lipinski definition) is 4. The van der Waals surface area contributed by atoms with Crippen LogP contribution in [0.5, 0.6) is 0 Å². The summed E-state index contributed by atoms with van der Waals surface area (Å²) in [4.78, 5) is 0.282. The van der Waals surface area contributed by atoms with E-state index < -0.39 is 22.7 Å². The van der Waals surface area contributed by atoms with Crippen molar-refractivity contribution in [3.8, 4) is 0 Å². The minimum atomic E-state index is -4.57. The Hall–Kier alpha value is -0.640. The summed E-state index contributed by atoms with van der Waals surface area (Å²) in [6, 6.07) is 0. The number of nitrogens with two attached hydrogens (primary N) is 1. The number of nitrogens with zero attached hydrogens (tertiary/aromatic N) is 1. The van der Waals surface area contributed by atoms with Gasteiger partial charge in [-0.05, 0) is 17.9 Å². The lowest BCUT2D eigenvalue weighted by atomic mass is 10.3. The standard InChI is InChI=1S/C10H15F3N2O2S2/c1-3-15(6-10(11,12)13)19(16,17)9-7(2)5-18-8(9)4-14/h5H,3-4,6,14H2,1-2H3. The van der Waals surface area contributed by atoms with Crippen LogP contribution in [0.1, 0.15) is 17.4 Å². The van der Waals surface area contributed by atoms with Crippen molar-refractivity contribution >= 4 is 21.4 Å². The Morgan fingerprint density at radius 3 is 2.42 bits per heavy atom. The second kappa shape index (κ2) is 5.78. The van der Waals surface area contributed by atoms with Crippen LogP contribution in [0, 0.1) is 6.92 Å². The maximum atomic E-state index is 12.4. The molecule has 0 fully saturated rings. The fourth-order valence-electron chi connectivity index (χ4n) is 1.67. The predicted molar refractivity (Wildman–Crippen MR) is 67.4 cm³/mol. The highest BCUT2D eigenvalue weighted by Gasteiger charge is 2.37. The predicted octanol–water partition coefficient (Wildman–Crippen LogP) is 2.09. The van der Waals surface area contributed by atoms with E-state index in [1.165, 1.54) is 6.92 Å². The third-order valence-corrected chi connectivity index (χ3v) is 5.89. The maximum absolute atomic E-state index is 12.4. The molecule has 4 nitrogen and oxygen atoms in total. The van der Waals surface area contributed by atoms with Crippen LogP contribution in [0.3, 0.4) is 0 Å². The summed E-state index contributed by atoms with van der Waals surface area (Å²) in [5, 5.41) is 1.58. The first-order valence-electron chi connectivity index (χ1n) is 5.47. The highest BCUT2D eigenvalue weighted by Crippen LogP contribution is 2.30. The van der Waals surface area contributed by atoms with Gasteiger partial charge in [0.1, 0.15) is 11.4 Å². The third-order valence-electron chi connectivity index (χ3n) is 2.48. The molecule has 2 N–H and O–H groups in total. The van der Waals surface area contributed by atoms with Crippen LogP contribution in [-0.4, -0.2) is 32.0 Å². The number of hydrogen-bond donors (Lipinski definition) is 1. The van der Waals surface area contributed by atoms with Gasteiger partial charge in [-0.3, -0.25) is 0 Å². The van der Waals surface area contributed by atoms with Crippen LogP contribution < -0.4 is 5.73 Å². The quantitative estimate of drug-likeness (QED) is 0.904. The first-order valence-corrected chi connectivity index (χ1v) is 7.79. The van der Waals surface area contributed by atoms with Crippen molar-refractivity contribution in [1.29, 1.82) is 0 Å². The van der Waals surface area contributed by atoms with Crippen LogP contribution in [-0.2, 0) is 16.6 Å². The van der Waals surface area contributed by atoms with Crippen LogP contribution in [0.25, 0.3) is 0 Å². The zero-order valence-electron chi connectivity index (χ0n) is 10.5. The van der Waals surface area contributed by atoms with E-state index >= 15 is 0 Å². The molecule has 0 aromatic carbocycles. The van der Waals surface area contributed by atoms with Gasteiger partial charge in [-0.15, -0.1) is 11.3 Å². The first kappa shape index (κ1) is 16.4. The second-order valence-electron chi connectivity index (χ2n) is 3.92. The van der Waals surface area contributed by atoms with Gasteiger partial charge in [0, 0.05) is 18.0 Å². The van der Waals surface area contributed by atoms with Crippen LogP contribution >= 0.6 is 11.3 Å². The molecule has 0 aliphatic carbocycles. The highest BCUT2D eigenvalue weighted by atomic mass is 32.2. The molecule has 0 atom stereocenters. The fraction of sp³-hybridized carbons (Fsp3) is 0.600. The van der Waals surface area contributed by atoms with E-state index in [1.807, 2.05) is 0 Å². The second-order valence-corrected chi connectivity index (χ2v) is 6.76.